The van der Waals surface area contributed by atoms with Crippen molar-refractivity contribution in [3.8, 4) is 5.75 Å². The maximum atomic E-state index is 12.7. The molecule has 5 nitrogen and oxygen atoms in total. The minimum atomic E-state index is -0.350. The average molecular weight is 399 g/mol. The molecule has 1 saturated heterocycles. The molecule has 3 rings (SSSR count). The summed E-state index contributed by atoms with van der Waals surface area (Å²) in [6, 6.07) is 12.4. The van der Waals surface area contributed by atoms with Crippen LogP contribution in [0.3, 0.4) is 0 Å². The minimum Gasteiger partial charge on any atom is -0.508 e. The zero-order valence-corrected chi connectivity index (χ0v) is 16.5. The molecular formula is C20H18N2O3S2. The maximum absolute atomic E-state index is 12.7. The van der Waals surface area contributed by atoms with Crippen LogP contribution in [0.4, 0.5) is 5.69 Å². The van der Waals surface area contributed by atoms with Crippen molar-refractivity contribution in [2.45, 2.75) is 13.8 Å². The summed E-state index contributed by atoms with van der Waals surface area (Å²) in [5.41, 5.74) is 3.32. The summed E-state index contributed by atoms with van der Waals surface area (Å²) in [5, 5.41) is 12.2. The van der Waals surface area contributed by atoms with E-state index in [1.54, 1.807) is 25.1 Å². The summed E-state index contributed by atoms with van der Waals surface area (Å²) in [6.07, 6.45) is 1.80. The molecule has 0 aromatic heterocycles. The van der Waals surface area contributed by atoms with E-state index in [0.717, 1.165) is 16.7 Å². The third-order valence-corrected chi connectivity index (χ3v) is 5.51. The van der Waals surface area contributed by atoms with Crippen molar-refractivity contribution in [1.29, 1.82) is 0 Å². The van der Waals surface area contributed by atoms with E-state index in [9.17, 15) is 14.7 Å². The number of hydrogen-bond donors (Lipinski definition) is 2. The Kier molecular flexibility index (Phi) is 5.62. The second-order valence-corrected chi connectivity index (χ2v) is 7.85. The molecule has 1 heterocycles. The first-order chi connectivity index (χ1) is 12.8. The Labute approximate surface area is 167 Å². The first-order valence-corrected chi connectivity index (χ1v) is 9.48. The molecule has 1 aliphatic heterocycles. The van der Waals surface area contributed by atoms with Gasteiger partial charge in [-0.15, -0.1) is 0 Å². The number of hydrogen-bond acceptors (Lipinski definition) is 5. The van der Waals surface area contributed by atoms with E-state index in [1.807, 2.05) is 31.2 Å². The molecule has 7 heteroatoms. The number of thioether (sulfide) groups is 1. The Morgan fingerprint density at radius 2 is 1.96 bits per heavy atom. The van der Waals surface area contributed by atoms with Crippen LogP contribution in [-0.2, 0) is 9.59 Å². The zero-order valence-electron chi connectivity index (χ0n) is 14.9. The standard InChI is InChI=1S/C20H18N2O3S2/c1-12-5-3-4-6-14(12)10-17-19(25)22(20(26)27-17)11-18(24)21-16-8-7-15(23)9-13(16)2/h3-10,23H,11H2,1-2H3,(H,21,24)/b17-10-. The molecule has 0 radical (unpaired) electrons. The highest BCUT2D eigenvalue weighted by atomic mass is 32.2. The topological polar surface area (TPSA) is 69.6 Å². The summed E-state index contributed by atoms with van der Waals surface area (Å²) >= 11 is 6.48. The van der Waals surface area contributed by atoms with Crippen LogP contribution in [0.15, 0.2) is 47.4 Å². The Morgan fingerprint density at radius 3 is 2.67 bits per heavy atom. The molecule has 1 aliphatic rings. The number of carbonyl (C=O) groups is 2. The molecule has 27 heavy (non-hydrogen) atoms. The van der Waals surface area contributed by atoms with Gasteiger partial charge < -0.3 is 10.4 Å². The number of amides is 2. The average Bonchev–Trinajstić information content (AvgIpc) is 2.87. The smallest absolute Gasteiger partial charge is 0.266 e. The molecule has 0 unspecified atom stereocenters. The van der Waals surface area contributed by atoms with E-state index in [-0.39, 0.29) is 24.1 Å². The molecule has 2 amide bonds. The summed E-state index contributed by atoms with van der Waals surface area (Å²) in [7, 11) is 0. The van der Waals surface area contributed by atoms with Crippen LogP contribution >= 0.6 is 24.0 Å². The van der Waals surface area contributed by atoms with Crippen LogP contribution in [0.2, 0.25) is 0 Å². The second-order valence-electron chi connectivity index (χ2n) is 6.17. The molecule has 0 bridgehead atoms. The number of phenols is 1. The molecule has 0 spiro atoms. The normalized spacial score (nSPS) is 15.5. The number of nitrogens with one attached hydrogen (secondary N) is 1. The van der Waals surface area contributed by atoms with Gasteiger partial charge in [-0.3, -0.25) is 14.5 Å². The first kappa shape index (κ1) is 19.1. The number of aromatic hydroxyl groups is 1. The monoisotopic (exact) mass is 398 g/mol. The van der Waals surface area contributed by atoms with Gasteiger partial charge in [0.15, 0.2) is 0 Å². The van der Waals surface area contributed by atoms with Crippen LogP contribution in [0.5, 0.6) is 5.75 Å². The van der Waals surface area contributed by atoms with E-state index in [4.69, 9.17) is 12.2 Å². The highest BCUT2D eigenvalue weighted by molar-refractivity contribution is 8.26. The molecule has 2 aromatic carbocycles. The lowest BCUT2D eigenvalue weighted by molar-refractivity contribution is -0.126. The van der Waals surface area contributed by atoms with Crippen LogP contribution in [-0.4, -0.2) is 32.7 Å². The lowest BCUT2D eigenvalue weighted by Gasteiger charge is -2.15. The van der Waals surface area contributed by atoms with Crippen molar-refractivity contribution in [2.24, 2.45) is 0 Å². The summed E-state index contributed by atoms with van der Waals surface area (Å²) in [4.78, 5) is 26.8. The molecule has 2 aromatic rings. The van der Waals surface area contributed by atoms with Crippen molar-refractivity contribution in [3.63, 3.8) is 0 Å². The lowest BCUT2D eigenvalue weighted by Crippen LogP contribution is -2.36. The van der Waals surface area contributed by atoms with E-state index in [2.05, 4.69) is 5.32 Å². The summed E-state index contributed by atoms with van der Waals surface area (Å²) < 4.78 is 0.359. The van der Waals surface area contributed by atoms with Crippen LogP contribution in [0.25, 0.3) is 6.08 Å². The highest BCUT2D eigenvalue weighted by Crippen LogP contribution is 2.33. The van der Waals surface area contributed by atoms with Crippen LogP contribution in [0.1, 0.15) is 16.7 Å². The van der Waals surface area contributed by atoms with Crippen LogP contribution < -0.4 is 5.32 Å². The predicted molar refractivity (Wildman–Crippen MR) is 113 cm³/mol. The molecule has 0 aliphatic carbocycles. The number of carbonyl (C=O) groups excluding carboxylic acids is 2. The van der Waals surface area contributed by atoms with Gasteiger partial charge in [0.05, 0.1) is 4.91 Å². The third-order valence-electron chi connectivity index (χ3n) is 4.13. The molecule has 0 saturated carbocycles. The highest BCUT2D eigenvalue weighted by Gasteiger charge is 2.33. The maximum Gasteiger partial charge on any atom is 0.266 e. The van der Waals surface area contributed by atoms with Gasteiger partial charge in [0, 0.05) is 5.69 Å². The zero-order chi connectivity index (χ0) is 19.6. The Balaban J connectivity index is 1.72. The Hall–Kier alpha value is -2.64. The molecule has 0 atom stereocenters. The van der Waals surface area contributed by atoms with Crippen molar-refractivity contribution >= 4 is 51.9 Å². The van der Waals surface area contributed by atoms with Crippen LogP contribution in [0, 0.1) is 13.8 Å². The predicted octanol–water partition coefficient (Wildman–Crippen LogP) is 3.85. The van der Waals surface area contributed by atoms with Gasteiger partial charge in [0.1, 0.15) is 16.6 Å². The quantitative estimate of drug-likeness (QED) is 0.465. The number of aryl methyl sites for hydroxylation is 2. The number of nitrogens with zero attached hydrogens (tertiary/aromatic N) is 1. The van der Waals surface area contributed by atoms with E-state index in [1.165, 1.54) is 22.7 Å². The summed E-state index contributed by atoms with van der Waals surface area (Å²) in [6.45, 7) is 3.59. The van der Waals surface area contributed by atoms with Crippen molar-refractivity contribution in [1.82, 2.24) is 4.90 Å². The number of phenolic OH excluding ortho intramolecular Hbond substituents is 1. The van der Waals surface area contributed by atoms with Gasteiger partial charge in [-0.1, -0.05) is 48.2 Å². The molecular weight excluding hydrogens is 380 g/mol. The molecule has 138 valence electrons. The van der Waals surface area contributed by atoms with Gasteiger partial charge >= 0.3 is 0 Å². The van der Waals surface area contributed by atoms with Gasteiger partial charge in [0.25, 0.3) is 5.91 Å². The van der Waals surface area contributed by atoms with Crippen molar-refractivity contribution in [3.05, 3.63) is 64.1 Å². The Morgan fingerprint density at radius 1 is 1.22 bits per heavy atom. The van der Waals surface area contributed by atoms with Crippen molar-refractivity contribution in [2.75, 3.05) is 11.9 Å². The second kappa shape index (κ2) is 7.94. The van der Waals surface area contributed by atoms with E-state index >= 15 is 0 Å². The van der Waals surface area contributed by atoms with Gasteiger partial charge in [-0.25, -0.2) is 0 Å². The van der Waals surface area contributed by atoms with Gasteiger partial charge in [-0.2, -0.15) is 0 Å². The lowest BCUT2D eigenvalue weighted by atomic mass is 10.1. The van der Waals surface area contributed by atoms with E-state index < -0.39 is 0 Å². The van der Waals surface area contributed by atoms with Gasteiger partial charge in [0.2, 0.25) is 5.91 Å². The molecule has 1 fully saturated rings. The number of thiocarbonyl (C=S) groups is 1. The fourth-order valence-corrected chi connectivity index (χ4v) is 3.89. The minimum absolute atomic E-state index is 0.129. The fraction of sp³-hybridized carbons (Fsp3) is 0.150. The first-order valence-electron chi connectivity index (χ1n) is 8.25. The van der Waals surface area contributed by atoms with E-state index in [0.29, 0.717) is 14.9 Å². The summed E-state index contributed by atoms with van der Waals surface area (Å²) in [5.74, 6) is -0.494. The third kappa shape index (κ3) is 4.37. The number of benzene rings is 2. The Bertz CT molecular complexity index is 969. The van der Waals surface area contributed by atoms with Crippen molar-refractivity contribution < 1.29 is 14.7 Å². The number of anilines is 1. The fourth-order valence-electron chi connectivity index (χ4n) is 2.65. The van der Waals surface area contributed by atoms with Gasteiger partial charge in [-0.05, 0) is 54.8 Å². The number of rotatable bonds is 4. The SMILES string of the molecule is Cc1ccccc1/C=C1\SC(=S)N(CC(=O)Nc2ccc(O)cc2C)C1=O. The molecule has 2 N–H and O–H groups in total. The largest absolute Gasteiger partial charge is 0.508 e.